The summed E-state index contributed by atoms with van der Waals surface area (Å²) >= 11 is 0. The van der Waals surface area contributed by atoms with Crippen LogP contribution in [0.25, 0.3) is 0 Å². The van der Waals surface area contributed by atoms with Gasteiger partial charge in [0, 0.05) is 24.1 Å². The van der Waals surface area contributed by atoms with Gasteiger partial charge in [-0.25, -0.2) is 13.1 Å². The predicted molar refractivity (Wildman–Crippen MR) is 76.4 cm³/mol. The van der Waals surface area contributed by atoms with E-state index in [0.29, 0.717) is 6.42 Å². The largest absolute Gasteiger partial charge is 0.273 e. The first kappa shape index (κ1) is 16.1. The van der Waals surface area contributed by atoms with E-state index in [0.717, 1.165) is 0 Å². The van der Waals surface area contributed by atoms with E-state index < -0.39 is 20.7 Å². The van der Waals surface area contributed by atoms with E-state index >= 15 is 0 Å². The summed E-state index contributed by atoms with van der Waals surface area (Å²) in [5, 5.41) is 10.9. The van der Waals surface area contributed by atoms with Crippen molar-refractivity contribution >= 4 is 15.7 Å². The van der Waals surface area contributed by atoms with Crippen LogP contribution >= 0.6 is 0 Å². The number of hydrogen-bond acceptors (Lipinski definition) is 4. The monoisotopic (exact) mass is 296 g/mol. The molecule has 0 spiro atoms. The van der Waals surface area contributed by atoms with E-state index in [1.807, 2.05) is 6.92 Å². The number of sulfonamides is 1. The van der Waals surface area contributed by atoms with Crippen molar-refractivity contribution in [3.63, 3.8) is 0 Å². The van der Waals surface area contributed by atoms with Gasteiger partial charge in [-0.2, -0.15) is 0 Å². The Labute approximate surface area is 118 Å². The van der Waals surface area contributed by atoms with Gasteiger partial charge in [-0.1, -0.05) is 25.1 Å². The number of para-hydroxylation sites is 1. The molecule has 1 aromatic carbocycles. The van der Waals surface area contributed by atoms with Crippen LogP contribution in [0, 0.1) is 22.5 Å². The maximum absolute atomic E-state index is 12.0. The highest BCUT2D eigenvalue weighted by Crippen LogP contribution is 2.20. The Balaban J connectivity index is 2.92. The lowest BCUT2D eigenvalue weighted by molar-refractivity contribution is -0.385. The van der Waals surface area contributed by atoms with Crippen molar-refractivity contribution in [2.24, 2.45) is 0 Å². The van der Waals surface area contributed by atoms with Gasteiger partial charge in [0.05, 0.1) is 10.7 Å². The van der Waals surface area contributed by atoms with Gasteiger partial charge >= 0.3 is 0 Å². The van der Waals surface area contributed by atoms with Crippen LogP contribution in [-0.4, -0.2) is 19.4 Å². The molecule has 0 saturated carbocycles. The minimum Gasteiger partial charge on any atom is -0.258 e. The third kappa shape index (κ3) is 4.64. The zero-order valence-corrected chi connectivity index (χ0v) is 11.9. The molecule has 0 aliphatic heterocycles. The number of nitrogens with one attached hydrogen (secondary N) is 1. The lowest BCUT2D eigenvalue weighted by Crippen LogP contribution is -2.35. The molecule has 0 radical (unpaired) electrons. The molecular weight excluding hydrogens is 280 g/mol. The fourth-order valence-electron chi connectivity index (χ4n) is 1.72. The lowest BCUT2D eigenvalue weighted by Gasteiger charge is -2.14. The van der Waals surface area contributed by atoms with Gasteiger partial charge in [-0.15, -0.1) is 12.3 Å². The number of rotatable bonds is 7. The molecular formula is C13H16N2O4S. The van der Waals surface area contributed by atoms with Crippen molar-refractivity contribution in [1.82, 2.24) is 4.72 Å². The molecule has 6 nitrogen and oxygen atoms in total. The molecule has 1 N–H and O–H groups in total. The normalized spacial score (nSPS) is 12.6. The Morgan fingerprint density at radius 2 is 2.10 bits per heavy atom. The van der Waals surface area contributed by atoms with Crippen molar-refractivity contribution in [3.05, 3.63) is 39.9 Å². The van der Waals surface area contributed by atoms with Gasteiger partial charge in [0.1, 0.15) is 0 Å². The number of nitro groups is 1. The Morgan fingerprint density at radius 1 is 1.45 bits per heavy atom. The SMILES string of the molecule is C#CCC(CC)NS(=O)(=O)Cc1ccccc1[N+](=O)[O-]. The lowest BCUT2D eigenvalue weighted by atomic mass is 10.2. The summed E-state index contributed by atoms with van der Waals surface area (Å²) in [6, 6.07) is 5.42. The van der Waals surface area contributed by atoms with Crippen molar-refractivity contribution < 1.29 is 13.3 Å². The number of terminal acetylenes is 1. The second-order valence-corrected chi connectivity index (χ2v) is 6.03. The van der Waals surface area contributed by atoms with Crippen molar-refractivity contribution in [1.29, 1.82) is 0 Å². The number of nitro benzene ring substituents is 1. The maximum atomic E-state index is 12.0. The van der Waals surface area contributed by atoms with Gasteiger partial charge in [-0.3, -0.25) is 10.1 Å². The van der Waals surface area contributed by atoms with E-state index in [1.165, 1.54) is 18.2 Å². The van der Waals surface area contributed by atoms with E-state index in [9.17, 15) is 18.5 Å². The van der Waals surface area contributed by atoms with Crippen LogP contribution in [0.15, 0.2) is 24.3 Å². The number of nitrogens with zero attached hydrogens (tertiary/aromatic N) is 1. The van der Waals surface area contributed by atoms with Gasteiger partial charge in [0.25, 0.3) is 5.69 Å². The molecule has 0 amide bonds. The Bertz CT molecular complexity index is 620. The van der Waals surface area contributed by atoms with Crippen molar-refractivity contribution in [2.75, 3.05) is 0 Å². The van der Waals surface area contributed by atoms with E-state index in [2.05, 4.69) is 10.6 Å². The Morgan fingerprint density at radius 3 is 2.65 bits per heavy atom. The van der Waals surface area contributed by atoms with Crippen LogP contribution in [0.5, 0.6) is 0 Å². The molecule has 0 bridgehead atoms. The van der Waals surface area contributed by atoms with Crippen molar-refractivity contribution in [2.45, 2.75) is 31.6 Å². The minimum absolute atomic E-state index is 0.153. The highest BCUT2D eigenvalue weighted by molar-refractivity contribution is 7.88. The summed E-state index contributed by atoms with van der Waals surface area (Å²) < 4.78 is 26.5. The first-order valence-corrected chi connectivity index (χ1v) is 7.70. The molecule has 0 fully saturated rings. The fourth-order valence-corrected chi connectivity index (χ4v) is 3.22. The van der Waals surface area contributed by atoms with E-state index in [-0.39, 0.29) is 23.7 Å². The molecule has 0 heterocycles. The predicted octanol–water partition coefficient (Wildman–Crippen LogP) is 1.82. The van der Waals surface area contributed by atoms with E-state index in [4.69, 9.17) is 6.42 Å². The molecule has 1 unspecified atom stereocenters. The van der Waals surface area contributed by atoms with Gasteiger partial charge in [0.15, 0.2) is 0 Å². The summed E-state index contributed by atoms with van der Waals surface area (Å²) in [6.45, 7) is 1.81. The molecule has 0 aromatic heterocycles. The molecule has 108 valence electrons. The van der Waals surface area contributed by atoms with Crippen LogP contribution in [0.2, 0.25) is 0 Å². The smallest absolute Gasteiger partial charge is 0.258 e. The third-order valence-electron chi connectivity index (χ3n) is 2.74. The molecule has 0 saturated heterocycles. The Kier molecular flexibility index (Phi) is 5.67. The van der Waals surface area contributed by atoms with E-state index in [1.54, 1.807) is 6.07 Å². The zero-order chi connectivity index (χ0) is 15.2. The van der Waals surface area contributed by atoms with Gasteiger partial charge in [0.2, 0.25) is 10.0 Å². The molecule has 1 atom stereocenters. The van der Waals surface area contributed by atoms with Crippen LogP contribution in [0.4, 0.5) is 5.69 Å². The van der Waals surface area contributed by atoms with Gasteiger partial charge < -0.3 is 0 Å². The van der Waals surface area contributed by atoms with Gasteiger partial charge in [-0.05, 0) is 6.42 Å². The number of benzene rings is 1. The third-order valence-corrected chi connectivity index (χ3v) is 4.12. The Hall–Kier alpha value is -1.91. The van der Waals surface area contributed by atoms with Crippen LogP contribution < -0.4 is 4.72 Å². The standard InChI is InChI=1S/C13H16N2O4S/c1-3-7-12(4-2)14-20(18,19)10-11-8-5-6-9-13(11)15(16)17/h1,5-6,8-9,12,14H,4,7,10H2,2H3. The zero-order valence-electron chi connectivity index (χ0n) is 11.1. The highest BCUT2D eigenvalue weighted by atomic mass is 32.2. The first-order chi connectivity index (χ1) is 9.39. The minimum atomic E-state index is -3.67. The average molecular weight is 296 g/mol. The van der Waals surface area contributed by atoms with Crippen LogP contribution in [-0.2, 0) is 15.8 Å². The summed E-state index contributed by atoms with van der Waals surface area (Å²) in [5.41, 5.74) is -0.0524. The molecule has 0 aliphatic carbocycles. The quantitative estimate of drug-likeness (QED) is 0.472. The second-order valence-electron chi connectivity index (χ2n) is 4.28. The molecule has 1 aromatic rings. The summed E-state index contributed by atoms with van der Waals surface area (Å²) in [6.07, 6.45) is 6.01. The highest BCUT2D eigenvalue weighted by Gasteiger charge is 2.21. The number of hydrogen-bond donors (Lipinski definition) is 1. The summed E-state index contributed by atoms with van der Waals surface area (Å²) in [4.78, 5) is 10.3. The maximum Gasteiger partial charge on any atom is 0.273 e. The molecule has 0 aliphatic rings. The van der Waals surface area contributed by atoms with Crippen molar-refractivity contribution in [3.8, 4) is 12.3 Å². The van der Waals surface area contributed by atoms with Crippen LogP contribution in [0.1, 0.15) is 25.3 Å². The topological polar surface area (TPSA) is 89.3 Å². The first-order valence-electron chi connectivity index (χ1n) is 6.05. The summed E-state index contributed by atoms with van der Waals surface area (Å²) in [5.74, 6) is 1.96. The van der Waals surface area contributed by atoms with Crippen LogP contribution in [0.3, 0.4) is 0 Å². The second kappa shape index (κ2) is 7.03. The molecule has 7 heteroatoms. The molecule has 1 rings (SSSR count). The fraction of sp³-hybridized carbons (Fsp3) is 0.385. The molecule has 20 heavy (non-hydrogen) atoms. The summed E-state index contributed by atoms with van der Waals surface area (Å²) in [7, 11) is -3.67. The average Bonchev–Trinajstić information content (AvgIpc) is 2.37.